The van der Waals surface area contributed by atoms with Gasteiger partial charge >= 0.3 is 5.97 Å². The molecule has 0 fully saturated rings. The van der Waals surface area contributed by atoms with Gasteiger partial charge in [-0.25, -0.2) is 9.78 Å². The van der Waals surface area contributed by atoms with Gasteiger partial charge in [0.05, 0.1) is 17.6 Å². The summed E-state index contributed by atoms with van der Waals surface area (Å²) in [5.41, 5.74) is 1.72. The van der Waals surface area contributed by atoms with Gasteiger partial charge in [0, 0.05) is 0 Å². The van der Waals surface area contributed by atoms with Crippen LogP contribution in [-0.4, -0.2) is 21.0 Å². The summed E-state index contributed by atoms with van der Waals surface area (Å²) >= 11 is 1.25. The van der Waals surface area contributed by atoms with E-state index in [1.807, 2.05) is 13.8 Å². The lowest BCUT2D eigenvalue weighted by atomic mass is 10.4. The van der Waals surface area contributed by atoms with Gasteiger partial charge in [-0.2, -0.15) is 0 Å². The molecule has 0 atom stereocenters. The number of aromatic nitrogens is 2. The second-order valence-corrected chi connectivity index (χ2v) is 4.43. The van der Waals surface area contributed by atoms with Crippen LogP contribution in [0.25, 0.3) is 0 Å². The molecule has 0 radical (unpaired) electrons. The predicted octanol–water partition coefficient (Wildman–Crippen LogP) is 2.54. The van der Waals surface area contributed by atoms with Crippen LogP contribution >= 0.6 is 11.8 Å². The van der Waals surface area contributed by atoms with Crippen molar-refractivity contribution < 1.29 is 14.3 Å². The average Bonchev–Trinajstić information content (AvgIpc) is 2.72. The summed E-state index contributed by atoms with van der Waals surface area (Å²) in [5, 5.41) is 9.88. The molecule has 0 aliphatic heterocycles. The van der Waals surface area contributed by atoms with Gasteiger partial charge in [0.25, 0.3) is 0 Å². The fourth-order valence-corrected chi connectivity index (χ4v) is 1.92. The second-order valence-electron chi connectivity index (χ2n) is 3.40. The number of hydrogen-bond acceptors (Lipinski definition) is 5. The maximum absolute atomic E-state index is 10.6. The minimum atomic E-state index is -1.08. The highest BCUT2D eigenvalue weighted by Gasteiger charge is 2.10. The summed E-state index contributed by atoms with van der Waals surface area (Å²) in [6.45, 7) is 3.75. The van der Waals surface area contributed by atoms with Crippen LogP contribution in [0.15, 0.2) is 32.9 Å². The Morgan fingerprint density at radius 2 is 2.12 bits per heavy atom. The van der Waals surface area contributed by atoms with E-state index >= 15 is 0 Å². The maximum Gasteiger partial charge on any atom is 0.371 e. The zero-order valence-electron chi connectivity index (χ0n) is 9.30. The summed E-state index contributed by atoms with van der Waals surface area (Å²) < 4.78 is 5.11. The van der Waals surface area contributed by atoms with E-state index in [4.69, 9.17) is 9.52 Å². The van der Waals surface area contributed by atoms with Crippen molar-refractivity contribution in [1.29, 1.82) is 0 Å². The Bertz CT molecular complexity index is 566. The van der Waals surface area contributed by atoms with Gasteiger partial charge in [0.15, 0.2) is 5.09 Å². The molecule has 0 aliphatic carbocycles. The molecule has 0 saturated carbocycles. The van der Waals surface area contributed by atoms with Crippen molar-refractivity contribution >= 4 is 17.7 Å². The zero-order valence-corrected chi connectivity index (χ0v) is 10.1. The quantitative estimate of drug-likeness (QED) is 0.902. The van der Waals surface area contributed by atoms with Crippen molar-refractivity contribution in [3.8, 4) is 0 Å². The number of rotatable bonds is 3. The van der Waals surface area contributed by atoms with Gasteiger partial charge in [-0.15, -0.1) is 0 Å². The van der Waals surface area contributed by atoms with Gasteiger partial charge in [-0.1, -0.05) is 0 Å². The van der Waals surface area contributed by atoms with E-state index in [-0.39, 0.29) is 5.76 Å². The van der Waals surface area contributed by atoms with Gasteiger partial charge < -0.3 is 9.52 Å². The largest absolute Gasteiger partial charge is 0.475 e. The number of carboxylic acid groups (broad SMARTS) is 1. The summed E-state index contributed by atoms with van der Waals surface area (Å²) in [6, 6.07) is 3.02. The van der Waals surface area contributed by atoms with Gasteiger partial charge in [-0.3, -0.25) is 4.98 Å². The minimum Gasteiger partial charge on any atom is -0.475 e. The van der Waals surface area contributed by atoms with E-state index in [9.17, 15) is 4.79 Å². The molecule has 0 aromatic carbocycles. The predicted molar refractivity (Wildman–Crippen MR) is 61.3 cm³/mol. The minimum absolute atomic E-state index is 0.0794. The molecular weight excluding hydrogens is 240 g/mol. The molecule has 0 saturated heterocycles. The Balaban J connectivity index is 2.19. The summed E-state index contributed by atoms with van der Waals surface area (Å²) in [6.07, 6.45) is 1.63. The van der Waals surface area contributed by atoms with Crippen LogP contribution in [0.5, 0.6) is 0 Å². The molecule has 1 N–H and O–H groups in total. The lowest BCUT2D eigenvalue weighted by molar-refractivity contribution is 0.0656. The summed E-state index contributed by atoms with van der Waals surface area (Å²) in [5.74, 6) is -1.16. The van der Waals surface area contributed by atoms with Crippen molar-refractivity contribution in [3.63, 3.8) is 0 Å². The molecule has 2 aromatic rings. The Labute approximate surface area is 102 Å². The highest BCUT2D eigenvalue weighted by Crippen LogP contribution is 2.27. The van der Waals surface area contributed by atoms with Crippen molar-refractivity contribution in [1.82, 2.24) is 9.97 Å². The van der Waals surface area contributed by atoms with Crippen molar-refractivity contribution in [3.05, 3.63) is 35.5 Å². The van der Waals surface area contributed by atoms with E-state index in [0.717, 1.165) is 11.4 Å². The SMILES string of the molecule is Cc1ncc(Sc2ccc(C(=O)O)o2)nc1C. The first-order valence-corrected chi connectivity index (χ1v) is 5.69. The highest BCUT2D eigenvalue weighted by molar-refractivity contribution is 7.99. The third-order valence-corrected chi connectivity index (χ3v) is 2.99. The zero-order chi connectivity index (χ0) is 12.4. The first kappa shape index (κ1) is 11.7. The molecule has 2 rings (SSSR count). The van der Waals surface area contributed by atoms with E-state index in [1.54, 1.807) is 12.3 Å². The van der Waals surface area contributed by atoms with Crippen LogP contribution in [0, 0.1) is 13.8 Å². The van der Waals surface area contributed by atoms with Crippen LogP contribution in [0.2, 0.25) is 0 Å². The monoisotopic (exact) mass is 250 g/mol. The third kappa shape index (κ3) is 2.65. The molecule has 0 spiro atoms. The fraction of sp³-hybridized carbons (Fsp3) is 0.182. The van der Waals surface area contributed by atoms with Gasteiger partial charge in [0.1, 0.15) is 5.03 Å². The van der Waals surface area contributed by atoms with Gasteiger partial charge in [-0.05, 0) is 37.7 Å². The van der Waals surface area contributed by atoms with Crippen molar-refractivity contribution in [2.45, 2.75) is 24.0 Å². The molecule has 2 aromatic heterocycles. The van der Waals surface area contributed by atoms with Crippen LogP contribution < -0.4 is 0 Å². The lowest BCUT2D eigenvalue weighted by Crippen LogP contribution is -1.92. The molecule has 6 heteroatoms. The molecule has 0 amide bonds. The number of aromatic carboxylic acids is 1. The standard InChI is InChI=1S/C11H10N2O3S/c1-6-7(2)13-9(5-12-6)17-10-4-3-8(16-10)11(14)15/h3-5H,1-2H3,(H,14,15). The Kier molecular flexibility index (Phi) is 3.14. The normalized spacial score (nSPS) is 10.5. The van der Waals surface area contributed by atoms with Crippen LogP contribution in [-0.2, 0) is 0 Å². The van der Waals surface area contributed by atoms with Crippen LogP contribution in [0.3, 0.4) is 0 Å². The number of aryl methyl sites for hydroxylation is 2. The number of hydrogen-bond donors (Lipinski definition) is 1. The Morgan fingerprint density at radius 1 is 1.35 bits per heavy atom. The topological polar surface area (TPSA) is 76.2 Å². The molecule has 0 bridgehead atoms. The molecule has 0 unspecified atom stereocenters. The molecule has 2 heterocycles. The Morgan fingerprint density at radius 3 is 2.71 bits per heavy atom. The van der Waals surface area contributed by atoms with Crippen LogP contribution in [0.1, 0.15) is 21.9 Å². The van der Waals surface area contributed by atoms with Gasteiger partial charge in [0.2, 0.25) is 5.76 Å². The smallest absolute Gasteiger partial charge is 0.371 e. The number of nitrogens with zero attached hydrogens (tertiary/aromatic N) is 2. The van der Waals surface area contributed by atoms with E-state index in [0.29, 0.717) is 10.1 Å². The first-order valence-electron chi connectivity index (χ1n) is 4.87. The number of carbonyl (C=O) groups is 1. The summed E-state index contributed by atoms with van der Waals surface area (Å²) in [7, 11) is 0. The summed E-state index contributed by atoms with van der Waals surface area (Å²) in [4.78, 5) is 19.1. The van der Waals surface area contributed by atoms with Crippen LogP contribution in [0.4, 0.5) is 0 Å². The highest BCUT2D eigenvalue weighted by atomic mass is 32.2. The van der Waals surface area contributed by atoms with E-state index in [1.165, 1.54) is 17.8 Å². The van der Waals surface area contributed by atoms with E-state index in [2.05, 4.69) is 9.97 Å². The number of furan rings is 1. The lowest BCUT2D eigenvalue weighted by Gasteiger charge is -2.00. The van der Waals surface area contributed by atoms with E-state index < -0.39 is 5.97 Å². The molecule has 5 nitrogen and oxygen atoms in total. The van der Waals surface area contributed by atoms with Crippen molar-refractivity contribution in [2.75, 3.05) is 0 Å². The third-order valence-electron chi connectivity index (χ3n) is 2.17. The first-order chi connectivity index (χ1) is 8.06. The molecule has 88 valence electrons. The molecule has 0 aliphatic rings. The second kappa shape index (κ2) is 4.58. The van der Waals surface area contributed by atoms with Crippen molar-refractivity contribution in [2.24, 2.45) is 0 Å². The Hall–Kier alpha value is -1.82. The maximum atomic E-state index is 10.6. The molecular formula is C11H10N2O3S. The number of carboxylic acids is 1. The molecule has 17 heavy (non-hydrogen) atoms. The fourth-order valence-electron chi connectivity index (χ4n) is 1.16. The average molecular weight is 250 g/mol.